The third kappa shape index (κ3) is 2.27. The van der Waals surface area contributed by atoms with Gasteiger partial charge in [-0.1, -0.05) is 12.0 Å². The first-order chi connectivity index (χ1) is 8.11. The van der Waals surface area contributed by atoms with Gasteiger partial charge in [0, 0.05) is 19.4 Å². The van der Waals surface area contributed by atoms with Crippen molar-refractivity contribution in [2.45, 2.75) is 26.2 Å². The van der Waals surface area contributed by atoms with Gasteiger partial charge in [0.05, 0.1) is 5.92 Å². The highest BCUT2D eigenvalue weighted by atomic mass is 16.4. The number of carbonyl (C=O) groups excluding carboxylic acids is 2. The fourth-order valence-corrected chi connectivity index (χ4v) is 1.75. The molecule has 0 radical (unpaired) electrons. The second-order valence-electron chi connectivity index (χ2n) is 4.04. The number of aryl methyl sites for hydroxylation is 1. The van der Waals surface area contributed by atoms with Crippen molar-refractivity contribution in [2.24, 2.45) is 11.7 Å². The third-order valence-corrected chi connectivity index (χ3v) is 2.68. The van der Waals surface area contributed by atoms with Crippen LogP contribution in [-0.2, 0) is 16.0 Å². The molecule has 92 valence electrons. The van der Waals surface area contributed by atoms with Gasteiger partial charge in [-0.2, -0.15) is 0 Å². The Morgan fingerprint density at radius 1 is 1.59 bits per heavy atom. The average molecular weight is 238 g/mol. The minimum atomic E-state index is -0.478. The minimum Gasteiger partial charge on any atom is -0.408 e. The topological polar surface area (TPSA) is 102 Å². The molecular formula is C10H14N4O3. The Labute approximate surface area is 98.0 Å². The smallest absolute Gasteiger partial charge is 0.325 e. The molecule has 0 aliphatic carbocycles. The number of hydrogen-bond donors (Lipinski definition) is 1. The van der Waals surface area contributed by atoms with Gasteiger partial charge in [0.15, 0.2) is 0 Å². The predicted octanol–water partition coefficient (Wildman–Crippen LogP) is -0.140. The van der Waals surface area contributed by atoms with Gasteiger partial charge in [0.2, 0.25) is 17.7 Å². The standard InChI is InChI=1S/C10H14N4O3/c1-2-3-7-12-13-10(17-7)14-5-6(9(11)16)4-8(14)15/h6H,2-5H2,1H3,(H2,11,16). The Morgan fingerprint density at radius 2 is 2.35 bits per heavy atom. The lowest BCUT2D eigenvalue weighted by Crippen LogP contribution is -2.28. The number of hydrogen-bond acceptors (Lipinski definition) is 5. The Bertz CT molecular complexity index is 443. The normalized spacial score (nSPS) is 19.9. The van der Waals surface area contributed by atoms with Crippen LogP contribution in [0.3, 0.4) is 0 Å². The van der Waals surface area contributed by atoms with E-state index in [1.807, 2.05) is 6.92 Å². The molecule has 2 heterocycles. The van der Waals surface area contributed by atoms with Crippen LogP contribution >= 0.6 is 0 Å². The van der Waals surface area contributed by atoms with Gasteiger partial charge in [-0.05, 0) is 6.42 Å². The van der Waals surface area contributed by atoms with E-state index in [-0.39, 0.29) is 24.9 Å². The molecule has 0 spiro atoms. The van der Waals surface area contributed by atoms with E-state index in [9.17, 15) is 9.59 Å². The molecule has 1 aromatic heterocycles. The van der Waals surface area contributed by atoms with Crippen molar-refractivity contribution in [3.63, 3.8) is 0 Å². The van der Waals surface area contributed by atoms with E-state index in [2.05, 4.69) is 10.2 Å². The summed E-state index contributed by atoms with van der Waals surface area (Å²) in [4.78, 5) is 24.0. The molecule has 0 aromatic carbocycles. The molecule has 7 nitrogen and oxygen atoms in total. The van der Waals surface area contributed by atoms with Gasteiger partial charge in [0.25, 0.3) is 0 Å². The summed E-state index contributed by atoms with van der Waals surface area (Å²) in [6, 6.07) is 0.155. The lowest BCUT2D eigenvalue weighted by atomic mass is 10.1. The van der Waals surface area contributed by atoms with Crippen LogP contribution in [0.15, 0.2) is 4.42 Å². The van der Waals surface area contributed by atoms with Gasteiger partial charge >= 0.3 is 6.01 Å². The summed E-state index contributed by atoms with van der Waals surface area (Å²) < 4.78 is 5.34. The van der Waals surface area contributed by atoms with Crippen LogP contribution in [0.1, 0.15) is 25.7 Å². The van der Waals surface area contributed by atoms with Crippen LogP contribution in [0.4, 0.5) is 6.01 Å². The number of carbonyl (C=O) groups is 2. The maximum absolute atomic E-state index is 11.6. The van der Waals surface area contributed by atoms with E-state index in [1.54, 1.807) is 0 Å². The minimum absolute atomic E-state index is 0.112. The van der Waals surface area contributed by atoms with Crippen molar-refractivity contribution in [1.29, 1.82) is 0 Å². The third-order valence-electron chi connectivity index (χ3n) is 2.68. The van der Waals surface area contributed by atoms with E-state index >= 15 is 0 Å². The zero-order chi connectivity index (χ0) is 12.4. The molecule has 1 fully saturated rings. The van der Waals surface area contributed by atoms with Crippen molar-refractivity contribution >= 4 is 17.8 Å². The molecule has 1 aliphatic heterocycles. The molecule has 1 saturated heterocycles. The zero-order valence-electron chi connectivity index (χ0n) is 9.55. The predicted molar refractivity (Wildman–Crippen MR) is 57.9 cm³/mol. The first-order valence-electron chi connectivity index (χ1n) is 5.54. The first kappa shape index (κ1) is 11.6. The lowest BCUT2D eigenvalue weighted by molar-refractivity contribution is -0.123. The zero-order valence-corrected chi connectivity index (χ0v) is 9.55. The highest BCUT2D eigenvalue weighted by molar-refractivity contribution is 5.98. The number of primary amides is 1. The van der Waals surface area contributed by atoms with E-state index in [4.69, 9.17) is 10.2 Å². The van der Waals surface area contributed by atoms with E-state index < -0.39 is 11.8 Å². The fraction of sp³-hybridized carbons (Fsp3) is 0.600. The maximum atomic E-state index is 11.6. The summed E-state index contributed by atoms with van der Waals surface area (Å²) >= 11 is 0. The van der Waals surface area contributed by atoms with E-state index in [1.165, 1.54) is 4.90 Å². The molecular weight excluding hydrogens is 224 g/mol. The van der Waals surface area contributed by atoms with Crippen molar-refractivity contribution in [3.05, 3.63) is 5.89 Å². The molecule has 1 unspecified atom stereocenters. The van der Waals surface area contributed by atoms with Crippen LogP contribution in [0.5, 0.6) is 0 Å². The molecule has 0 bridgehead atoms. The summed E-state index contributed by atoms with van der Waals surface area (Å²) in [6.07, 6.45) is 1.68. The lowest BCUT2D eigenvalue weighted by Gasteiger charge is -2.09. The van der Waals surface area contributed by atoms with Crippen molar-refractivity contribution in [3.8, 4) is 0 Å². The van der Waals surface area contributed by atoms with Gasteiger partial charge in [-0.25, -0.2) is 0 Å². The molecule has 1 aliphatic rings. The van der Waals surface area contributed by atoms with Crippen LogP contribution in [0.2, 0.25) is 0 Å². The van der Waals surface area contributed by atoms with Gasteiger partial charge in [-0.15, -0.1) is 5.10 Å². The number of amides is 2. The molecule has 2 rings (SSSR count). The van der Waals surface area contributed by atoms with E-state index in [0.29, 0.717) is 12.3 Å². The van der Waals surface area contributed by atoms with Crippen LogP contribution in [-0.4, -0.2) is 28.6 Å². The highest BCUT2D eigenvalue weighted by Gasteiger charge is 2.36. The van der Waals surface area contributed by atoms with Crippen LogP contribution in [0, 0.1) is 5.92 Å². The number of rotatable bonds is 4. The molecule has 1 atom stereocenters. The highest BCUT2D eigenvalue weighted by Crippen LogP contribution is 2.23. The summed E-state index contributed by atoms with van der Waals surface area (Å²) in [6.45, 7) is 2.22. The number of nitrogens with two attached hydrogens (primary N) is 1. The average Bonchev–Trinajstić information content (AvgIpc) is 2.85. The van der Waals surface area contributed by atoms with Crippen molar-refractivity contribution < 1.29 is 14.0 Å². The molecule has 2 N–H and O–H groups in total. The van der Waals surface area contributed by atoms with Gasteiger partial charge in [0.1, 0.15) is 0 Å². The molecule has 0 saturated carbocycles. The summed E-state index contributed by atoms with van der Waals surface area (Å²) in [5.41, 5.74) is 5.17. The number of aromatic nitrogens is 2. The summed E-state index contributed by atoms with van der Waals surface area (Å²) in [5.74, 6) is -0.656. The Kier molecular flexibility index (Phi) is 3.08. The Hall–Kier alpha value is -1.92. The van der Waals surface area contributed by atoms with Crippen molar-refractivity contribution in [1.82, 2.24) is 10.2 Å². The maximum Gasteiger partial charge on any atom is 0.325 e. The molecule has 2 amide bonds. The van der Waals surface area contributed by atoms with Crippen LogP contribution in [0.25, 0.3) is 0 Å². The van der Waals surface area contributed by atoms with E-state index in [0.717, 1.165) is 6.42 Å². The second-order valence-corrected chi connectivity index (χ2v) is 4.04. The largest absolute Gasteiger partial charge is 0.408 e. The van der Waals surface area contributed by atoms with Crippen LogP contribution < -0.4 is 10.6 Å². The molecule has 1 aromatic rings. The molecule has 17 heavy (non-hydrogen) atoms. The van der Waals surface area contributed by atoms with Gasteiger partial charge < -0.3 is 10.2 Å². The fourth-order valence-electron chi connectivity index (χ4n) is 1.75. The summed E-state index contributed by atoms with van der Waals surface area (Å²) in [7, 11) is 0. The number of anilines is 1. The first-order valence-corrected chi connectivity index (χ1v) is 5.54. The van der Waals surface area contributed by atoms with Gasteiger partial charge in [-0.3, -0.25) is 14.5 Å². The monoisotopic (exact) mass is 238 g/mol. The Morgan fingerprint density at radius 3 is 2.94 bits per heavy atom. The summed E-state index contributed by atoms with van der Waals surface area (Å²) in [5, 5.41) is 7.63. The quantitative estimate of drug-likeness (QED) is 0.786. The Balaban J connectivity index is 2.11. The molecule has 7 heteroatoms. The second kappa shape index (κ2) is 4.52. The SMILES string of the molecule is CCCc1nnc(N2CC(C(N)=O)CC2=O)o1. The van der Waals surface area contributed by atoms with Crippen molar-refractivity contribution in [2.75, 3.05) is 11.4 Å². The number of nitrogens with zero attached hydrogens (tertiary/aromatic N) is 3.